The molecule has 1 atom stereocenters. The molecule has 1 heterocycles. The smallest absolute Gasteiger partial charge is 0.137 e. The Kier molecular flexibility index (Phi) is 6.31. The van der Waals surface area contributed by atoms with E-state index in [1.165, 1.54) is 25.7 Å². The van der Waals surface area contributed by atoms with Crippen LogP contribution in [0.1, 0.15) is 64.1 Å². The van der Waals surface area contributed by atoms with Gasteiger partial charge in [-0.15, -0.1) is 0 Å². The maximum Gasteiger partial charge on any atom is 0.137 e. The lowest BCUT2D eigenvalue weighted by molar-refractivity contribution is 0.251. The minimum atomic E-state index is 0.360. The number of ether oxygens (including phenoxy) is 1. The second-order valence-corrected chi connectivity index (χ2v) is 5.80. The van der Waals surface area contributed by atoms with Crippen molar-refractivity contribution in [3.8, 4) is 5.75 Å². The summed E-state index contributed by atoms with van der Waals surface area (Å²) in [6.07, 6.45) is 9.47. The van der Waals surface area contributed by atoms with Gasteiger partial charge in [-0.2, -0.15) is 0 Å². The fourth-order valence-corrected chi connectivity index (χ4v) is 2.85. The van der Waals surface area contributed by atoms with Crippen LogP contribution in [0.3, 0.4) is 0 Å². The molecule has 0 aromatic carbocycles. The molecule has 1 aromatic rings. The molecule has 1 fully saturated rings. The summed E-state index contributed by atoms with van der Waals surface area (Å²) in [6.45, 7) is 6.28. The maximum absolute atomic E-state index is 5.86. The van der Waals surface area contributed by atoms with Gasteiger partial charge in [-0.3, -0.25) is 4.98 Å². The van der Waals surface area contributed by atoms with E-state index in [1.54, 1.807) is 0 Å². The van der Waals surface area contributed by atoms with Gasteiger partial charge in [0, 0.05) is 6.04 Å². The lowest BCUT2D eigenvalue weighted by Crippen LogP contribution is -2.22. The third-order valence-electron chi connectivity index (χ3n) is 4.13. The molecule has 1 saturated carbocycles. The van der Waals surface area contributed by atoms with E-state index >= 15 is 0 Å². The first-order chi connectivity index (χ1) is 9.83. The van der Waals surface area contributed by atoms with Crippen molar-refractivity contribution < 1.29 is 4.74 Å². The zero-order valence-electron chi connectivity index (χ0n) is 12.9. The van der Waals surface area contributed by atoms with Gasteiger partial charge in [0.15, 0.2) is 0 Å². The van der Waals surface area contributed by atoms with E-state index in [2.05, 4.69) is 36.3 Å². The molecular formula is C17H28N2O. The van der Waals surface area contributed by atoms with Crippen molar-refractivity contribution in [1.82, 2.24) is 10.3 Å². The van der Waals surface area contributed by atoms with Crippen LogP contribution >= 0.6 is 0 Å². The second kappa shape index (κ2) is 8.25. The fraction of sp³-hybridized carbons (Fsp3) is 0.706. The lowest BCUT2D eigenvalue weighted by atomic mass is 10.1. The summed E-state index contributed by atoms with van der Waals surface area (Å²) in [4.78, 5) is 4.56. The van der Waals surface area contributed by atoms with Crippen LogP contribution in [0, 0.1) is 5.92 Å². The summed E-state index contributed by atoms with van der Waals surface area (Å²) < 4.78 is 5.86. The summed E-state index contributed by atoms with van der Waals surface area (Å²) in [5.74, 6) is 1.66. The Balaban J connectivity index is 1.84. The number of aromatic nitrogens is 1. The first-order valence-corrected chi connectivity index (χ1v) is 8.15. The predicted octanol–water partition coefficient (Wildman–Crippen LogP) is 4.10. The quantitative estimate of drug-likeness (QED) is 0.776. The average Bonchev–Trinajstić information content (AvgIpc) is 3.00. The molecule has 20 heavy (non-hydrogen) atoms. The number of hydrogen-bond donors (Lipinski definition) is 1. The van der Waals surface area contributed by atoms with Crippen LogP contribution in [-0.2, 0) is 0 Å². The van der Waals surface area contributed by atoms with E-state index in [9.17, 15) is 0 Å². The number of nitrogens with one attached hydrogen (secondary N) is 1. The lowest BCUT2D eigenvalue weighted by Gasteiger charge is -2.16. The Morgan fingerprint density at radius 1 is 1.30 bits per heavy atom. The molecule has 1 aliphatic rings. The van der Waals surface area contributed by atoms with E-state index in [0.29, 0.717) is 6.04 Å². The Hall–Kier alpha value is -1.09. The first kappa shape index (κ1) is 15.3. The Morgan fingerprint density at radius 3 is 2.70 bits per heavy atom. The van der Waals surface area contributed by atoms with Crippen LogP contribution in [-0.4, -0.2) is 18.1 Å². The first-order valence-electron chi connectivity index (χ1n) is 8.15. The highest BCUT2D eigenvalue weighted by Crippen LogP contribution is 2.25. The summed E-state index contributed by atoms with van der Waals surface area (Å²) >= 11 is 0. The molecule has 1 unspecified atom stereocenters. The van der Waals surface area contributed by atoms with Crippen molar-refractivity contribution in [2.45, 2.75) is 58.4 Å². The third kappa shape index (κ3) is 4.48. The molecule has 0 bridgehead atoms. The second-order valence-electron chi connectivity index (χ2n) is 5.80. The van der Waals surface area contributed by atoms with Crippen molar-refractivity contribution in [1.29, 1.82) is 0 Å². The van der Waals surface area contributed by atoms with E-state index in [4.69, 9.17) is 4.74 Å². The van der Waals surface area contributed by atoms with Gasteiger partial charge in [-0.25, -0.2) is 0 Å². The minimum absolute atomic E-state index is 0.360. The van der Waals surface area contributed by atoms with Crippen LogP contribution in [0.15, 0.2) is 18.3 Å². The molecule has 1 aliphatic carbocycles. The van der Waals surface area contributed by atoms with Gasteiger partial charge in [-0.1, -0.05) is 26.7 Å². The van der Waals surface area contributed by atoms with Gasteiger partial charge in [-0.05, 0) is 50.3 Å². The SMILES string of the molecule is CCCNC(CC)c1ccc(OCC2CCCC2)cn1. The monoisotopic (exact) mass is 276 g/mol. The standard InChI is InChI=1S/C17H28N2O/c1-3-11-18-16(4-2)17-10-9-15(12-19-17)20-13-14-7-5-6-8-14/h9-10,12,14,16,18H,3-8,11,13H2,1-2H3. The maximum atomic E-state index is 5.86. The number of nitrogens with zero attached hydrogens (tertiary/aromatic N) is 1. The van der Waals surface area contributed by atoms with E-state index < -0.39 is 0 Å². The highest BCUT2D eigenvalue weighted by Gasteiger charge is 2.15. The molecule has 0 amide bonds. The highest BCUT2D eigenvalue weighted by molar-refractivity contribution is 5.21. The summed E-state index contributed by atoms with van der Waals surface area (Å²) in [6, 6.07) is 4.52. The summed E-state index contributed by atoms with van der Waals surface area (Å²) in [7, 11) is 0. The van der Waals surface area contributed by atoms with Crippen molar-refractivity contribution >= 4 is 0 Å². The van der Waals surface area contributed by atoms with Crippen LogP contribution in [0.2, 0.25) is 0 Å². The van der Waals surface area contributed by atoms with Gasteiger partial charge < -0.3 is 10.1 Å². The van der Waals surface area contributed by atoms with Crippen molar-refractivity contribution in [2.24, 2.45) is 5.92 Å². The van der Waals surface area contributed by atoms with Crippen LogP contribution in [0.25, 0.3) is 0 Å². The molecule has 3 heteroatoms. The van der Waals surface area contributed by atoms with E-state index in [1.807, 2.05) is 6.20 Å². The zero-order valence-corrected chi connectivity index (χ0v) is 12.9. The summed E-state index contributed by atoms with van der Waals surface area (Å²) in [5, 5.41) is 3.53. The molecule has 1 N–H and O–H groups in total. The Morgan fingerprint density at radius 2 is 2.10 bits per heavy atom. The molecule has 0 spiro atoms. The molecule has 0 radical (unpaired) electrons. The van der Waals surface area contributed by atoms with E-state index in [0.717, 1.165) is 43.4 Å². The van der Waals surface area contributed by atoms with Gasteiger partial charge in [0.2, 0.25) is 0 Å². The predicted molar refractivity (Wildman–Crippen MR) is 83.0 cm³/mol. The highest BCUT2D eigenvalue weighted by atomic mass is 16.5. The van der Waals surface area contributed by atoms with Gasteiger partial charge in [0.05, 0.1) is 18.5 Å². The molecular weight excluding hydrogens is 248 g/mol. The van der Waals surface area contributed by atoms with Crippen molar-refractivity contribution in [3.63, 3.8) is 0 Å². The number of rotatable bonds is 8. The van der Waals surface area contributed by atoms with Crippen molar-refractivity contribution in [2.75, 3.05) is 13.2 Å². The van der Waals surface area contributed by atoms with Crippen LogP contribution < -0.4 is 10.1 Å². The number of hydrogen-bond acceptors (Lipinski definition) is 3. The van der Waals surface area contributed by atoms with Gasteiger partial charge in [0.1, 0.15) is 5.75 Å². The van der Waals surface area contributed by atoms with E-state index in [-0.39, 0.29) is 0 Å². The molecule has 112 valence electrons. The Bertz CT molecular complexity index is 371. The summed E-state index contributed by atoms with van der Waals surface area (Å²) in [5.41, 5.74) is 1.12. The third-order valence-corrected chi connectivity index (χ3v) is 4.13. The topological polar surface area (TPSA) is 34.1 Å². The fourth-order valence-electron chi connectivity index (χ4n) is 2.85. The number of pyridine rings is 1. The van der Waals surface area contributed by atoms with Gasteiger partial charge >= 0.3 is 0 Å². The average molecular weight is 276 g/mol. The molecule has 0 aliphatic heterocycles. The minimum Gasteiger partial charge on any atom is -0.492 e. The van der Waals surface area contributed by atoms with Crippen LogP contribution in [0.5, 0.6) is 5.75 Å². The zero-order chi connectivity index (χ0) is 14.2. The Labute approximate surface area is 123 Å². The van der Waals surface area contributed by atoms with Crippen molar-refractivity contribution in [3.05, 3.63) is 24.0 Å². The van der Waals surface area contributed by atoms with Gasteiger partial charge in [0.25, 0.3) is 0 Å². The molecule has 3 nitrogen and oxygen atoms in total. The molecule has 0 saturated heterocycles. The molecule has 1 aromatic heterocycles. The van der Waals surface area contributed by atoms with Crippen LogP contribution in [0.4, 0.5) is 0 Å². The largest absolute Gasteiger partial charge is 0.492 e. The molecule has 2 rings (SSSR count). The normalized spacial score (nSPS) is 17.3.